The van der Waals surface area contributed by atoms with Crippen LogP contribution < -0.4 is 10.1 Å². The van der Waals surface area contributed by atoms with Crippen molar-refractivity contribution in [2.24, 2.45) is 5.92 Å². The minimum atomic E-state index is -4.72. The Labute approximate surface area is 120 Å². The van der Waals surface area contributed by atoms with Gasteiger partial charge in [0.05, 0.1) is 12.5 Å². The summed E-state index contributed by atoms with van der Waals surface area (Å²) in [6.07, 6.45) is -3.77. The predicted molar refractivity (Wildman–Crippen MR) is 68.8 cm³/mol. The van der Waals surface area contributed by atoms with Crippen molar-refractivity contribution < 1.29 is 27.4 Å². The molecule has 0 aromatic heterocycles. The normalized spacial score (nSPS) is 18.5. The molecule has 1 aromatic rings. The number of rotatable bonds is 5. The third kappa shape index (κ3) is 4.93. The van der Waals surface area contributed by atoms with Crippen molar-refractivity contribution in [1.82, 2.24) is 5.32 Å². The SMILES string of the molecule is O=C(NCCc1ccccc1OC(F)(F)F)[C@H]1CCOC1. The van der Waals surface area contributed by atoms with E-state index in [2.05, 4.69) is 10.1 Å². The van der Waals surface area contributed by atoms with Crippen molar-refractivity contribution in [3.05, 3.63) is 29.8 Å². The van der Waals surface area contributed by atoms with Crippen LogP contribution in [-0.2, 0) is 16.0 Å². The Hall–Kier alpha value is -1.76. The van der Waals surface area contributed by atoms with Gasteiger partial charge < -0.3 is 14.8 Å². The maximum Gasteiger partial charge on any atom is 0.573 e. The first-order valence-corrected chi connectivity index (χ1v) is 6.65. The van der Waals surface area contributed by atoms with Gasteiger partial charge in [-0.05, 0) is 24.5 Å². The van der Waals surface area contributed by atoms with E-state index in [1.807, 2.05) is 0 Å². The van der Waals surface area contributed by atoms with Crippen molar-refractivity contribution in [3.8, 4) is 5.75 Å². The van der Waals surface area contributed by atoms with Crippen molar-refractivity contribution in [2.45, 2.75) is 19.2 Å². The molecular formula is C14H16F3NO3. The number of nitrogens with one attached hydrogen (secondary N) is 1. The molecule has 116 valence electrons. The van der Waals surface area contributed by atoms with Crippen molar-refractivity contribution >= 4 is 5.91 Å². The highest BCUT2D eigenvalue weighted by molar-refractivity contribution is 5.78. The fourth-order valence-corrected chi connectivity index (χ4v) is 2.14. The molecular weight excluding hydrogens is 287 g/mol. The molecule has 0 bridgehead atoms. The summed E-state index contributed by atoms with van der Waals surface area (Å²) in [6, 6.07) is 5.91. The summed E-state index contributed by atoms with van der Waals surface area (Å²) in [7, 11) is 0. The number of hydrogen-bond acceptors (Lipinski definition) is 3. The number of ether oxygens (including phenoxy) is 2. The number of para-hydroxylation sites is 1. The lowest BCUT2D eigenvalue weighted by molar-refractivity contribution is -0.274. The van der Waals surface area contributed by atoms with Gasteiger partial charge in [-0.3, -0.25) is 4.79 Å². The maximum atomic E-state index is 12.3. The smallest absolute Gasteiger partial charge is 0.406 e. The van der Waals surface area contributed by atoms with Crippen LogP contribution in [0.15, 0.2) is 24.3 Å². The first kappa shape index (κ1) is 15.6. The average molecular weight is 303 g/mol. The van der Waals surface area contributed by atoms with Crippen LogP contribution in [0.4, 0.5) is 13.2 Å². The Balaban J connectivity index is 1.86. The lowest BCUT2D eigenvalue weighted by Crippen LogP contribution is -2.32. The zero-order valence-electron chi connectivity index (χ0n) is 11.3. The average Bonchev–Trinajstić information content (AvgIpc) is 2.93. The van der Waals surface area contributed by atoms with E-state index in [1.165, 1.54) is 12.1 Å². The van der Waals surface area contributed by atoms with Gasteiger partial charge >= 0.3 is 6.36 Å². The Kier molecular flexibility index (Phi) is 5.06. The number of hydrogen-bond donors (Lipinski definition) is 1. The summed E-state index contributed by atoms with van der Waals surface area (Å²) in [6.45, 7) is 1.23. The third-order valence-electron chi connectivity index (χ3n) is 3.19. The van der Waals surface area contributed by atoms with Crippen LogP contribution in [0.3, 0.4) is 0 Å². The molecule has 4 nitrogen and oxygen atoms in total. The zero-order chi connectivity index (χ0) is 15.3. The van der Waals surface area contributed by atoms with E-state index in [9.17, 15) is 18.0 Å². The number of benzene rings is 1. The number of carbonyl (C=O) groups excluding carboxylic acids is 1. The van der Waals surface area contributed by atoms with Gasteiger partial charge in [-0.15, -0.1) is 13.2 Å². The molecule has 2 rings (SSSR count). The van der Waals surface area contributed by atoms with Crippen molar-refractivity contribution in [1.29, 1.82) is 0 Å². The standard InChI is InChI=1S/C14H16F3NO3/c15-14(16,17)21-12-4-2-1-3-10(12)5-7-18-13(19)11-6-8-20-9-11/h1-4,11H,5-9H2,(H,18,19)/t11-/m0/s1. The molecule has 1 atom stereocenters. The summed E-state index contributed by atoms with van der Waals surface area (Å²) in [5.74, 6) is -0.517. The summed E-state index contributed by atoms with van der Waals surface area (Å²) in [4.78, 5) is 11.7. The summed E-state index contributed by atoms with van der Waals surface area (Å²) in [5.41, 5.74) is 0.401. The fraction of sp³-hybridized carbons (Fsp3) is 0.500. The van der Waals surface area contributed by atoms with Crippen LogP contribution in [0.25, 0.3) is 0 Å². The summed E-state index contributed by atoms with van der Waals surface area (Å²) in [5, 5.41) is 2.71. The van der Waals surface area contributed by atoms with Gasteiger partial charge in [0.1, 0.15) is 5.75 Å². The number of carbonyl (C=O) groups is 1. The highest BCUT2D eigenvalue weighted by Gasteiger charge is 2.32. The molecule has 1 aromatic carbocycles. The maximum absolute atomic E-state index is 12.3. The van der Waals surface area contributed by atoms with Gasteiger partial charge in [0.25, 0.3) is 0 Å². The van der Waals surface area contributed by atoms with E-state index in [1.54, 1.807) is 12.1 Å². The molecule has 1 aliphatic heterocycles. The van der Waals surface area contributed by atoms with Gasteiger partial charge in [0.15, 0.2) is 0 Å². The van der Waals surface area contributed by atoms with Gasteiger partial charge in [-0.2, -0.15) is 0 Å². The Morgan fingerprint density at radius 1 is 1.38 bits per heavy atom. The van der Waals surface area contributed by atoms with E-state index in [4.69, 9.17) is 4.74 Å². The molecule has 1 fully saturated rings. The second-order valence-corrected chi connectivity index (χ2v) is 4.76. The van der Waals surface area contributed by atoms with Crippen molar-refractivity contribution in [2.75, 3.05) is 19.8 Å². The lowest BCUT2D eigenvalue weighted by Gasteiger charge is -2.14. The Morgan fingerprint density at radius 2 is 2.14 bits per heavy atom. The lowest BCUT2D eigenvalue weighted by atomic mass is 10.1. The minimum absolute atomic E-state index is 0.123. The second-order valence-electron chi connectivity index (χ2n) is 4.76. The van der Waals surface area contributed by atoms with E-state index >= 15 is 0 Å². The third-order valence-corrected chi connectivity index (χ3v) is 3.19. The van der Waals surface area contributed by atoms with E-state index in [-0.39, 0.29) is 30.5 Å². The molecule has 1 saturated heterocycles. The van der Waals surface area contributed by atoms with Crippen LogP contribution in [0.5, 0.6) is 5.75 Å². The van der Waals surface area contributed by atoms with Crippen LogP contribution in [0, 0.1) is 5.92 Å². The van der Waals surface area contributed by atoms with Crippen LogP contribution in [0.1, 0.15) is 12.0 Å². The number of alkyl halides is 3. The summed E-state index contributed by atoms with van der Waals surface area (Å²) >= 11 is 0. The molecule has 21 heavy (non-hydrogen) atoms. The first-order valence-electron chi connectivity index (χ1n) is 6.65. The summed E-state index contributed by atoms with van der Waals surface area (Å²) < 4.78 is 45.9. The first-order chi connectivity index (χ1) is 9.96. The van der Waals surface area contributed by atoms with Crippen LogP contribution >= 0.6 is 0 Å². The van der Waals surface area contributed by atoms with E-state index < -0.39 is 6.36 Å². The Morgan fingerprint density at radius 3 is 2.81 bits per heavy atom. The minimum Gasteiger partial charge on any atom is -0.406 e. The van der Waals surface area contributed by atoms with Gasteiger partial charge in [-0.25, -0.2) is 0 Å². The Bertz CT molecular complexity index is 485. The van der Waals surface area contributed by atoms with Gasteiger partial charge in [0, 0.05) is 13.2 Å². The quantitative estimate of drug-likeness (QED) is 0.908. The van der Waals surface area contributed by atoms with Crippen LogP contribution in [-0.4, -0.2) is 32.0 Å². The van der Waals surface area contributed by atoms with Gasteiger partial charge in [-0.1, -0.05) is 18.2 Å². The number of halogens is 3. The molecule has 7 heteroatoms. The predicted octanol–water partition coefficient (Wildman–Crippen LogP) is 2.28. The zero-order valence-corrected chi connectivity index (χ0v) is 11.3. The molecule has 0 unspecified atom stereocenters. The molecule has 1 amide bonds. The van der Waals surface area contributed by atoms with E-state index in [0.717, 1.165) is 0 Å². The van der Waals surface area contributed by atoms with Crippen molar-refractivity contribution in [3.63, 3.8) is 0 Å². The molecule has 1 heterocycles. The van der Waals surface area contributed by atoms with E-state index in [0.29, 0.717) is 25.2 Å². The molecule has 0 aliphatic carbocycles. The molecule has 0 saturated carbocycles. The molecule has 1 aliphatic rings. The fourth-order valence-electron chi connectivity index (χ4n) is 2.14. The molecule has 1 N–H and O–H groups in total. The molecule has 0 radical (unpaired) electrons. The second kappa shape index (κ2) is 6.80. The highest BCUT2D eigenvalue weighted by Crippen LogP contribution is 2.26. The monoisotopic (exact) mass is 303 g/mol. The van der Waals surface area contributed by atoms with Gasteiger partial charge in [0.2, 0.25) is 5.91 Å². The molecule has 0 spiro atoms. The largest absolute Gasteiger partial charge is 0.573 e. The highest BCUT2D eigenvalue weighted by atomic mass is 19.4. The number of amides is 1. The van der Waals surface area contributed by atoms with Crippen LogP contribution in [0.2, 0.25) is 0 Å². The topological polar surface area (TPSA) is 47.6 Å².